The van der Waals surface area contributed by atoms with Gasteiger partial charge in [0.15, 0.2) is 0 Å². The molecule has 1 aromatic heterocycles. The maximum absolute atomic E-state index is 11.7. The average Bonchev–Trinajstić information content (AvgIpc) is 2.57. The molecule has 1 saturated heterocycles. The molecule has 0 aromatic carbocycles. The number of nitrogens with zero attached hydrogens (tertiary/aromatic N) is 1. The van der Waals surface area contributed by atoms with E-state index in [0.29, 0.717) is 13.0 Å². The summed E-state index contributed by atoms with van der Waals surface area (Å²) in [4.78, 5) is 11.7. The van der Waals surface area contributed by atoms with E-state index in [0.717, 1.165) is 5.46 Å². The predicted octanol–water partition coefficient (Wildman–Crippen LogP) is 0.530. The normalized spacial score (nSPS) is 20.4. The van der Waals surface area contributed by atoms with Gasteiger partial charge >= 0.3 is 7.12 Å². The van der Waals surface area contributed by atoms with Crippen LogP contribution in [0.5, 0.6) is 0 Å². The van der Waals surface area contributed by atoms with E-state index in [1.54, 1.807) is 16.8 Å². The molecule has 2 heterocycles. The van der Waals surface area contributed by atoms with Gasteiger partial charge in [-0.2, -0.15) is 0 Å². The van der Waals surface area contributed by atoms with Crippen molar-refractivity contribution in [1.29, 1.82) is 0 Å². The highest BCUT2D eigenvalue weighted by Crippen LogP contribution is 2.36. The number of aliphatic hydroxyl groups is 1. The molecule has 0 radical (unpaired) electrons. The van der Waals surface area contributed by atoms with Gasteiger partial charge in [-0.1, -0.05) is 6.07 Å². The van der Waals surface area contributed by atoms with Gasteiger partial charge in [0.2, 0.25) is 5.56 Å². The Kier molecular flexibility index (Phi) is 4.09. The van der Waals surface area contributed by atoms with Gasteiger partial charge in [0.05, 0.1) is 11.2 Å². The Morgan fingerprint density at radius 1 is 1.20 bits per heavy atom. The number of rotatable bonds is 4. The van der Waals surface area contributed by atoms with Crippen LogP contribution in [0.2, 0.25) is 0 Å². The Bertz CT molecular complexity index is 522. The van der Waals surface area contributed by atoms with Crippen molar-refractivity contribution in [3.8, 4) is 0 Å². The third-order valence-electron chi connectivity index (χ3n) is 4.09. The minimum atomic E-state index is -0.471. The van der Waals surface area contributed by atoms with Crippen molar-refractivity contribution in [2.45, 2.75) is 51.9 Å². The molecule has 2 rings (SSSR count). The lowest BCUT2D eigenvalue weighted by Gasteiger charge is -2.32. The van der Waals surface area contributed by atoms with Gasteiger partial charge in [-0.15, -0.1) is 0 Å². The molecule has 0 bridgehead atoms. The Balaban J connectivity index is 2.25. The first-order valence-corrected chi connectivity index (χ1v) is 6.94. The van der Waals surface area contributed by atoms with Crippen molar-refractivity contribution < 1.29 is 14.4 Å². The van der Waals surface area contributed by atoms with Crippen molar-refractivity contribution in [2.75, 3.05) is 6.61 Å². The number of aryl methyl sites for hydroxylation is 1. The highest BCUT2D eigenvalue weighted by molar-refractivity contribution is 6.62. The van der Waals surface area contributed by atoms with Crippen molar-refractivity contribution in [3.05, 3.63) is 28.7 Å². The number of hydrogen-bond acceptors (Lipinski definition) is 4. The van der Waals surface area contributed by atoms with Crippen LogP contribution in [-0.2, 0) is 15.9 Å². The van der Waals surface area contributed by atoms with E-state index >= 15 is 0 Å². The van der Waals surface area contributed by atoms with Crippen LogP contribution in [-0.4, -0.2) is 34.6 Å². The molecule has 20 heavy (non-hydrogen) atoms. The van der Waals surface area contributed by atoms with Crippen LogP contribution < -0.4 is 11.0 Å². The first kappa shape index (κ1) is 15.3. The zero-order valence-electron chi connectivity index (χ0n) is 12.5. The maximum Gasteiger partial charge on any atom is 0.496 e. The monoisotopic (exact) mass is 279 g/mol. The van der Waals surface area contributed by atoms with Crippen LogP contribution in [0.4, 0.5) is 0 Å². The van der Waals surface area contributed by atoms with Gasteiger partial charge in [-0.05, 0) is 39.6 Å². The summed E-state index contributed by atoms with van der Waals surface area (Å²) in [6.45, 7) is 8.53. The Morgan fingerprint density at radius 3 is 2.35 bits per heavy atom. The lowest BCUT2D eigenvalue weighted by atomic mass is 9.80. The number of aromatic nitrogens is 1. The van der Waals surface area contributed by atoms with E-state index in [-0.39, 0.29) is 12.2 Å². The van der Waals surface area contributed by atoms with E-state index in [4.69, 9.17) is 14.4 Å². The quantitative estimate of drug-likeness (QED) is 0.817. The molecule has 1 N–H and O–H groups in total. The fourth-order valence-electron chi connectivity index (χ4n) is 2.08. The number of pyridine rings is 1. The third kappa shape index (κ3) is 2.82. The first-order valence-electron chi connectivity index (χ1n) is 6.94. The maximum atomic E-state index is 11.7. The molecule has 0 spiro atoms. The van der Waals surface area contributed by atoms with E-state index in [1.807, 2.05) is 27.7 Å². The zero-order chi connectivity index (χ0) is 15.0. The summed E-state index contributed by atoms with van der Waals surface area (Å²) in [6, 6.07) is 3.25. The van der Waals surface area contributed by atoms with E-state index in [9.17, 15) is 4.79 Å². The molecule has 0 atom stereocenters. The fourth-order valence-corrected chi connectivity index (χ4v) is 2.08. The van der Waals surface area contributed by atoms with Crippen LogP contribution in [0.25, 0.3) is 0 Å². The molecular formula is C14H22BNO4. The summed E-state index contributed by atoms with van der Waals surface area (Å²) >= 11 is 0. The highest BCUT2D eigenvalue weighted by Gasteiger charge is 2.51. The summed E-state index contributed by atoms with van der Waals surface area (Å²) in [7, 11) is -0.471. The lowest BCUT2D eigenvalue weighted by Crippen LogP contribution is -2.41. The standard InChI is InChI=1S/C14H22BNO4/c1-13(2)14(3,4)20-15(19-13)11-6-7-12(18)16(10-11)8-5-9-17/h6-7,10,17H,5,8-9H2,1-4H3. The molecule has 5 nitrogen and oxygen atoms in total. The number of aliphatic hydroxyl groups excluding tert-OH is 1. The SMILES string of the molecule is CC1(C)OB(c2ccc(=O)n(CCCO)c2)OC1(C)C. The predicted molar refractivity (Wildman–Crippen MR) is 78.1 cm³/mol. The Labute approximate surface area is 119 Å². The van der Waals surface area contributed by atoms with Crippen molar-refractivity contribution in [3.63, 3.8) is 0 Å². The van der Waals surface area contributed by atoms with Crippen LogP contribution in [0.3, 0.4) is 0 Å². The molecule has 1 aliphatic rings. The highest BCUT2D eigenvalue weighted by atomic mass is 16.7. The second-order valence-corrected chi connectivity index (χ2v) is 6.16. The fraction of sp³-hybridized carbons (Fsp3) is 0.643. The molecule has 1 aromatic rings. The summed E-state index contributed by atoms with van der Waals surface area (Å²) in [5, 5.41) is 8.87. The van der Waals surface area contributed by atoms with Crippen LogP contribution in [0.1, 0.15) is 34.1 Å². The summed E-state index contributed by atoms with van der Waals surface area (Å²) in [6.07, 6.45) is 2.30. The van der Waals surface area contributed by atoms with Crippen LogP contribution in [0.15, 0.2) is 23.1 Å². The average molecular weight is 279 g/mol. The minimum absolute atomic E-state index is 0.0627. The van der Waals surface area contributed by atoms with Gasteiger partial charge in [-0.25, -0.2) is 0 Å². The molecule has 110 valence electrons. The molecule has 0 amide bonds. The molecule has 6 heteroatoms. The van der Waals surface area contributed by atoms with E-state index < -0.39 is 18.3 Å². The first-order chi connectivity index (χ1) is 9.27. The lowest BCUT2D eigenvalue weighted by molar-refractivity contribution is 0.00578. The van der Waals surface area contributed by atoms with Crippen LogP contribution in [0, 0.1) is 0 Å². The van der Waals surface area contributed by atoms with E-state index in [2.05, 4.69) is 0 Å². The Hall–Kier alpha value is -1.11. The largest absolute Gasteiger partial charge is 0.496 e. The molecule has 1 fully saturated rings. The van der Waals surface area contributed by atoms with E-state index in [1.165, 1.54) is 6.07 Å². The van der Waals surface area contributed by atoms with Crippen molar-refractivity contribution in [1.82, 2.24) is 4.57 Å². The van der Waals surface area contributed by atoms with Gasteiger partial charge in [-0.3, -0.25) is 4.79 Å². The molecule has 0 unspecified atom stereocenters. The second kappa shape index (κ2) is 5.35. The van der Waals surface area contributed by atoms with Gasteiger partial charge < -0.3 is 19.0 Å². The minimum Gasteiger partial charge on any atom is -0.399 e. The van der Waals surface area contributed by atoms with Crippen molar-refractivity contribution in [2.24, 2.45) is 0 Å². The second-order valence-electron chi connectivity index (χ2n) is 6.16. The number of hydrogen-bond donors (Lipinski definition) is 1. The smallest absolute Gasteiger partial charge is 0.399 e. The zero-order valence-corrected chi connectivity index (χ0v) is 12.5. The topological polar surface area (TPSA) is 60.7 Å². The third-order valence-corrected chi connectivity index (χ3v) is 4.09. The van der Waals surface area contributed by atoms with Crippen LogP contribution >= 0.6 is 0 Å². The van der Waals surface area contributed by atoms with Crippen molar-refractivity contribution >= 4 is 12.6 Å². The molecule has 0 saturated carbocycles. The summed E-state index contributed by atoms with van der Waals surface area (Å²) in [5.41, 5.74) is -0.0621. The molecule has 1 aliphatic heterocycles. The Morgan fingerprint density at radius 2 is 1.80 bits per heavy atom. The molecule has 0 aliphatic carbocycles. The van der Waals surface area contributed by atoms with Gasteiger partial charge in [0.1, 0.15) is 0 Å². The molecular weight excluding hydrogens is 257 g/mol. The summed E-state index contributed by atoms with van der Waals surface area (Å²) in [5.74, 6) is 0. The van der Waals surface area contributed by atoms with Gasteiger partial charge in [0.25, 0.3) is 0 Å². The van der Waals surface area contributed by atoms with Gasteiger partial charge in [0, 0.05) is 25.4 Å². The summed E-state index contributed by atoms with van der Waals surface area (Å²) < 4.78 is 13.5.